The Kier molecular flexibility index (Phi) is 5.94. The van der Waals surface area contributed by atoms with Crippen molar-refractivity contribution in [3.8, 4) is 11.1 Å². The topological polar surface area (TPSA) is 80.2 Å². The summed E-state index contributed by atoms with van der Waals surface area (Å²) in [5, 5.41) is 0. The SMILES string of the molecule is Cc1cc(C)nc(N2CCCC(c3nc(N4CCOCC4)ncc3-c3ccncc3)C2)n1. The van der Waals surface area contributed by atoms with E-state index >= 15 is 0 Å². The summed E-state index contributed by atoms with van der Waals surface area (Å²) in [6.07, 6.45) is 7.79. The number of anilines is 2. The zero-order valence-corrected chi connectivity index (χ0v) is 18.7. The standard InChI is InChI=1S/C24H29N7O/c1-17-14-18(2)28-24(27-17)31-9-3-4-20(16-31)22-21(19-5-7-25-8-6-19)15-26-23(29-22)30-10-12-32-13-11-30/h5-8,14-15,20H,3-4,9-13,16H2,1-2H3. The van der Waals surface area contributed by atoms with Gasteiger partial charge in [-0.1, -0.05) is 0 Å². The van der Waals surface area contributed by atoms with Gasteiger partial charge in [0.25, 0.3) is 0 Å². The molecule has 1 atom stereocenters. The zero-order valence-electron chi connectivity index (χ0n) is 18.7. The van der Waals surface area contributed by atoms with Crippen molar-refractivity contribution in [3.05, 3.63) is 53.9 Å². The summed E-state index contributed by atoms with van der Waals surface area (Å²) in [5.74, 6) is 1.89. The lowest BCUT2D eigenvalue weighted by Gasteiger charge is -2.34. The molecule has 0 radical (unpaired) electrons. The first-order valence-electron chi connectivity index (χ1n) is 11.3. The molecule has 0 aliphatic carbocycles. The number of nitrogens with zero attached hydrogens (tertiary/aromatic N) is 7. The number of ether oxygens (including phenoxy) is 1. The lowest BCUT2D eigenvalue weighted by molar-refractivity contribution is 0.122. The van der Waals surface area contributed by atoms with Gasteiger partial charge in [-0.25, -0.2) is 19.9 Å². The molecule has 0 aromatic carbocycles. The first-order valence-corrected chi connectivity index (χ1v) is 11.3. The molecule has 32 heavy (non-hydrogen) atoms. The smallest absolute Gasteiger partial charge is 0.225 e. The molecular formula is C24H29N7O. The maximum Gasteiger partial charge on any atom is 0.225 e. The fourth-order valence-electron chi connectivity index (χ4n) is 4.60. The summed E-state index contributed by atoms with van der Waals surface area (Å²) in [5.41, 5.74) is 5.29. The van der Waals surface area contributed by atoms with Gasteiger partial charge in [0.1, 0.15) is 0 Å². The van der Waals surface area contributed by atoms with E-state index in [2.05, 4.69) is 14.8 Å². The van der Waals surface area contributed by atoms with E-state index in [1.807, 2.05) is 50.6 Å². The first kappa shape index (κ1) is 20.8. The Morgan fingerprint density at radius 1 is 0.906 bits per heavy atom. The number of hydrogen-bond donors (Lipinski definition) is 0. The van der Waals surface area contributed by atoms with Crippen molar-refractivity contribution in [2.24, 2.45) is 0 Å². The third-order valence-electron chi connectivity index (χ3n) is 6.15. The number of aryl methyl sites for hydroxylation is 2. The van der Waals surface area contributed by atoms with Gasteiger partial charge < -0.3 is 14.5 Å². The van der Waals surface area contributed by atoms with Gasteiger partial charge in [0, 0.05) is 67.6 Å². The Hall–Kier alpha value is -3.13. The zero-order chi connectivity index (χ0) is 21.9. The molecule has 166 valence electrons. The third kappa shape index (κ3) is 4.41. The number of morpholine rings is 1. The Bertz CT molecular complexity index is 1050. The van der Waals surface area contributed by atoms with Crippen LogP contribution in [-0.2, 0) is 4.74 Å². The van der Waals surface area contributed by atoms with Gasteiger partial charge in [-0.15, -0.1) is 0 Å². The van der Waals surface area contributed by atoms with Crippen molar-refractivity contribution in [1.29, 1.82) is 0 Å². The van der Waals surface area contributed by atoms with Gasteiger partial charge >= 0.3 is 0 Å². The molecule has 2 aliphatic heterocycles. The van der Waals surface area contributed by atoms with Crippen LogP contribution in [0.25, 0.3) is 11.1 Å². The molecule has 5 rings (SSSR count). The van der Waals surface area contributed by atoms with Crippen molar-refractivity contribution in [2.75, 3.05) is 49.2 Å². The van der Waals surface area contributed by atoms with E-state index in [-0.39, 0.29) is 5.92 Å². The van der Waals surface area contributed by atoms with Gasteiger partial charge in [0.2, 0.25) is 11.9 Å². The molecule has 0 N–H and O–H groups in total. The first-order chi connectivity index (χ1) is 15.7. The number of piperidine rings is 1. The van der Waals surface area contributed by atoms with Crippen molar-refractivity contribution in [3.63, 3.8) is 0 Å². The average Bonchev–Trinajstić information content (AvgIpc) is 2.84. The minimum absolute atomic E-state index is 0.277. The lowest BCUT2D eigenvalue weighted by Crippen LogP contribution is -2.38. The quantitative estimate of drug-likeness (QED) is 0.623. The van der Waals surface area contributed by atoms with Crippen molar-refractivity contribution < 1.29 is 4.74 Å². The fourth-order valence-corrected chi connectivity index (χ4v) is 4.60. The predicted molar refractivity (Wildman–Crippen MR) is 124 cm³/mol. The van der Waals surface area contributed by atoms with E-state index < -0.39 is 0 Å². The second-order valence-corrected chi connectivity index (χ2v) is 8.54. The molecule has 0 spiro atoms. The van der Waals surface area contributed by atoms with Crippen molar-refractivity contribution in [1.82, 2.24) is 24.9 Å². The highest BCUT2D eigenvalue weighted by atomic mass is 16.5. The predicted octanol–water partition coefficient (Wildman–Crippen LogP) is 3.17. The summed E-state index contributed by atoms with van der Waals surface area (Å²) in [6.45, 7) is 8.94. The molecule has 2 aliphatic rings. The van der Waals surface area contributed by atoms with Crippen LogP contribution in [0.2, 0.25) is 0 Å². The maximum absolute atomic E-state index is 5.52. The molecule has 0 amide bonds. The van der Waals surface area contributed by atoms with Crippen molar-refractivity contribution >= 4 is 11.9 Å². The van der Waals surface area contributed by atoms with E-state index in [4.69, 9.17) is 24.7 Å². The Morgan fingerprint density at radius 2 is 1.66 bits per heavy atom. The molecule has 0 bridgehead atoms. The minimum atomic E-state index is 0.277. The monoisotopic (exact) mass is 431 g/mol. The van der Waals surface area contributed by atoms with E-state index in [0.717, 1.165) is 79.1 Å². The second-order valence-electron chi connectivity index (χ2n) is 8.54. The second kappa shape index (κ2) is 9.16. The van der Waals surface area contributed by atoms with Crippen LogP contribution < -0.4 is 9.80 Å². The van der Waals surface area contributed by atoms with Crippen LogP contribution in [0, 0.1) is 13.8 Å². The average molecular weight is 432 g/mol. The highest BCUT2D eigenvalue weighted by Crippen LogP contribution is 2.34. The van der Waals surface area contributed by atoms with Gasteiger partial charge in [-0.2, -0.15) is 0 Å². The van der Waals surface area contributed by atoms with Crippen LogP contribution in [0.3, 0.4) is 0 Å². The number of aromatic nitrogens is 5. The highest BCUT2D eigenvalue weighted by Gasteiger charge is 2.28. The lowest BCUT2D eigenvalue weighted by atomic mass is 9.90. The third-order valence-corrected chi connectivity index (χ3v) is 6.15. The van der Waals surface area contributed by atoms with E-state index in [1.54, 1.807) is 0 Å². The minimum Gasteiger partial charge on any atom is -0.378 e. The summed E-state index contributed by atoms with van der Waals surface area (Å²) in [6, 6.07) is 6.08. The molecule has 0 saturated carbocycles. The Morgan fingerprint density at radius 3 is 2.41 bits per heavy atom. The van der Waals surface area contributed by atoms with Crippen LogP contribution in [0.5, 0.6) is 0 Å². The van der Waals surface area contributed by atoms with E-state index in [0.29, 0.717) is 13.2 Å². The summed E-state index contributed by atoms with van der Waals surface area (Å²) < 4.78 is 5.52. The Balaban J connectivity index is 1.50. The van der Waals surface area contributed by atoms with Crippen LogP contribution in [0.1, 0.15) is 35.8 Å². The van der Waals surface area contributed by atoms with E-state index in [1.165, 1.54) is 0 Å². The molecule has 1 unspecified atom stereocenters. The Labute approximate surface area is 188 Å². The van der Waals surface area contributed by atoms with Gasteiger partial charge in [0.15, 0.2) is 0 Å². The normalized spacial score (nSPS) is 19.2. The summed E-state index contributed by atoms with van der Waals surface area (Å²) in [7, 11) is 0. The molecule has 8 nitrogen and oxygen atoms in total. The van der Waals surface area contributed by atoms with Crippen LogP contribution in [0.4, 0.5) is 11.9 Å². The largest absolute Gasteiger partial charge is 0.378 e. The molecule has 3 aromatic rings. The summed E-state index contributed by atoms with van der Waals surface area (Å²) in [4.78, 5) is 28.0. The van der Waals surface area contributed by atoms with Gasteiger partial charge in [0.05, 0.1) is 18.9 Å². The van der Waals surface area contributed by atoms with Crippen LogP contribution >= 0.6 is 0 Å². The molecule has 2 saturated heterocycles. The fraction of sp³-hybridized carbons (Fsp3) is 0.458. The van der Waals surface area contributed by atoms with E-state index in [9.17, 15) is 0 Å². The number of pyridine rings is 1. The van der Waals surface area contributed by atoms with Crippen molar-refractivity contribution in [2.45, 2.75) is 32.6 Å². The summed E-state index contributed by atoms with van der Waals surface area (Å²) >= 11 is 0. The van der Waals surface area contributed by atoms with Gasteiger partial charge in [-0.05, 0) is 50.5 Å². The molecule has 3 aromatic heterocycles. The molecule has 2 fully saturated rings. The van der Waals surface area contributed by atoms with Crippen LogP contribution in [0.15, 0.2) is 36.8 Å². The number of rotatable bonds is 4. The number of hydrogen-bond acceptors (Lipinski definition) is 8. The molecular weight excluding hydrogens is 402 g/mol. The molecule has 8 heteroatoms. The molecule has 5 heterocycles. The van der Waals surface area contributed by atoms with Gasteiger partial charge in [-0.3, -0.25) is 4.98 Å². The highest BCUT2D eigenvalue weighted by molar-refractivity contribution is 5.66. The maximum atomic E-state index is 5.52. The van der Waals surface area contributed by atoms with Crippen LogP contribution in [-0.4, -0.2) is 64.3 Å².